The third-order valence-corrected chi connectivity index (χ3v) is 8.15. The van der Waals surface area contributed by atoms with Gasteiger partial charge in [-0.25, -0.2) is 0 Å². The van der Waals surface area contributed by atoms with Gasteiger partial charge in [-0.15, -0.1) is 0 Å². The first-order chi connectivity index (χ1) is 17.3. The molecule has 0 spiro atoms. The van der Waals surface area contributed by atoms with Crippen LogP contribution < -0.4 is 4.90 Å². The predicted octanol–water partition coefficient (Wildman–Crippen LogP) is 3.45. The molecule has 2 saturated carbocycles. The normalized spacial score (nSPS) is 29.1. The number of hydrogen-bond acceptors (Lipinski definition) is 6. The molecule has 9 heteroatoms. The van der Waals surface area contributed by atoms with Crippen molar-refractivity contribution in [1.82, 2.24) is 4.90 Å². The summed E-state index contributed by atoms with van der Waals surface area (Å²) in [5, 5.41) is 11.3. The van der Waals surface area contributed by atoms with Crippen LogP contribution >= 0.6 is 0 Å². The van der Waals surface area contributed by atoms with Crippen molar-refractivity contribution < 1.29 is 24.1 Å². The average molecular weight is 485 g/mol. The lowest BCUT2D eigenvalue weighted by Gasteiger charge is -2.37. The molecule has 5 aliphatic rings. The first-order valence-corrected chi connectivity index (χ1v) is 12.0. The van der Waals surface area contributed by atoms with E-state index in [4.69, 9.17) is 0 Å². The third-order valence-electron chi connectivity index (χ3n) is 8.15. The number of hydrogen-bond donors (Lipinski definition) is 0. The van der Waals surface area contributed by atoms with Gasteiger partial charge in [-0.2, -0.15) is 0 Å². The van der Waals surface area contributed by atoms with Gasteiger partial charge in [-0.1, -0.05) is 30.4 Å². The van der Waals surface area contributed by atoms with Crippen LogP contribution in [0.15, 0.2) is 60.7 Å². The Labute approximate surface area is 206 Å². The maximum atomic E-state index is 13.7. The van der Waals surface area contributed by atoms with E-state index in [0.29, 0.717) is 23.1 Å². The quantitative estimate of drug-likeness (QED) is 0.203. The zero-order chi connectivity index (χ0) is 25.3. The number of anilines is 1. The van der Waals surface area contributed by atoms with E-state index in [1.54, 1.807) is 18.2 Å². The van der Waals surface area contributed by atoms with Crippen LogP contribution in [-0.4, -0.2) is 40.0 Å². The van der Waals surface area contributed by atoms with Gasteiger partial charge in [-0.3, -0.25) is 39.1 Å². The van der Waals surface area contributed by atoms with Crippen molar-refractivity contribution in [2.45, 2.75) is 13.3 Å². The number of rotatable bonds is 6. The van der Waals surface area contributed by atoms with Crippen LogP contribution in [0.1, 0.15) is 34.1 Å². The Bertz CT molecular complexity index is 1350. The largest absolute Gasteiger partial charge is 0.295 e. The summed E-state index contributed by atoms with van der Waals surface area (Å²) in [7, 11) is 0. The van der Waals surface area contributed by atoms with Gasteiger partial charge < -0.3 is 0 Å². The predicted molar refractivity (Wildman–Crippen MR) is 128 cm³/mol. The molecular formula is C27H23N3O6. The van der Waals surface area contributed by atoms with Gasteiger partial charge in [0.25, 0.3) is 11.6 Å². The molecule has 3 amide bonds. The van der Waals surface area contributed by atoms with E-state index in [2.05, 4.69) is 12.2 Å². The van der Waals surface area contributed by atoms with Crippen molar-refractivity contribution in [3.05, 3.63) is 81.9 Å². The molecule has 3 fully saturated rings. The average Bonchev–Trinajstić information content (AvgIpc) is 3.67. The van der Waals surface area contributed by atoms with Crippen LogP contribution in [0.4, 0.5) is 11.4 Å². The second-order valence-electron chi connectivity index (χ2n) is 10.0. The molecule has 0 aromatic heterocycles. The van der Waals surface area contributed by atoms with Crippen molar-refractivity contribution in [2.75, 3.05) is 11.6 Å². The maximum absolute atomic E-state index is 13.7. The summed E-state index contributed by atoms with van der Waals surface area (Å²) >= 11 is 0. The number of benzene rings is 2. The van der Waals surface area contributed by atoms with Crippen LogP contribution in [0.2, 0.25) is 0 Å². The van der Waals surface area contributed by atoms with E-state index in [1.165, 1.54) is 36.1 Å². The minimum atomic E-state index is -0.612. The second kappa shape index (κ2) is 7.94. The summed E-state index contributed by atoms with van der Waals surface area (Å²) in [4.78, 5) is 65.8. The minimum absolute atomic E-state index is 0.0388. The molecule has 6 unspecified atom stereocenters. The van der Waals surface area contributed by atoms with Gasteiger partial charge in [-0.05, 0) is 55.2 Å². The van der Waals surface area contributed by atoms with E-state index in [-0.39, 0.29) is 47.4 Å². The van der Waals surface area contributed by atoms with Gasteiger partial charge in [0.15, 0.2) is 5.78 Å². The summed E-state index contributed by atoms with van der Waals surface area (Å²) < 4.78 is 0. The van der Waals surface area contributed by atoms with Crippen LogP contribution in [0.25, 0.3) is 0 Å². The van der Waals surface area contributed by atoms with Crippen LogP contribution in [0.3, 0.4) is 0 Å². The first-order valence-electron chi connectivity index (χ1n) is 12.0. The Balaban J connectivity index is 1.37. The van der Waals surface area contributed by atoms with Crippen molar-refractivity contribution in [2.24, 2.45) is 35.5 Å². The Hall–Kier alpha value is -4.14. The number of nitrogens with zero attached hydrogens (tertiary/aromatic N) is 3. The van der Waals surface area contributed by atoms with Crippen molar-refractivity contribution in [1.29, 1.82) is 0 Å². The van der Waals surface area contributed by atoms with Crippen LogP contribution in [-0.2, 0) is 9.59 Å². The second-order valence-corrected chi connectivity index (χ2v) is 10.0. The van der Waals surface area contributed by atoms with Gasteiger partial charge in [0.1, 0.15) is 6.67 Å². The molecule has 4 aliphatic carbocycles. The lowest BCUT2D eigenvalue weighted by Crippen LogP contribution is -2.45. The van der Waals surface area contributed by atoms with Crippen molar-refractivity contribution in [3.63, 3.8) is 0 Å². The minimum Gasteiger partial charge on any atom is -0.295 e. The summed E-state index contributed by atoms with van der Waals surface area (Å²) in [6.45, 7) is 1.07. The Kier molecular flexibility index (Phi) is 4.93. The van der Waals surface area contributed by atoms with Gasteiger partial charge in [0.05, 0.1) is 16.8 Å². The molecule has 0 N–H and O–H groups in total. The molecule has 182 valence electrons. The summed E-state index contributed by atoms with van der Waals surface area (Å²) in [6, 6.07) is 11.7. The third kappa shape index (κ3) is 3.30. The van der Waals surface area contributed by atoms with E-state index in [1.807, 2.05) is 0 Å². The van der Waals surface area contributed by atoms with Gasteiger partial charge in [0.2, 0.25) is 11.8 Å². The molecule has 2 aromatic rings. The molecule has 6 atom stereocenters. The highest BCUT2D eigenvalue weighted by Crippen LogP contribution is 2.65. The van der Waals surface area contributed by atoms with E-state index >= 15 is 0 Å². The summed E-state index contributed by atoms with van der Waals surface area (Å²) in [6.07, 6.45) is 5.21. The standard InChI is InChI=1S/C27H23N3O6/c1-14(31)15-4-2-6-17(10-15)28(25(32)16-5-3-7-18(11-16)30(35)36)13-29-26(33)23-19-8-9-20(22-12-21(19)22)24(23)27(29)34/h2-11,19-24H,12-13H2,1H3. The van der Waals surface area contributed by atoms with E-state index in [9.17, 15) is 29.3 Å². The highest BCUT2D eigenvalue weighted by Gasteiger charge is 2.67. The zero-order valence-corrected chi connectivity index (χ0v) is 19.4. The van der Waals surface area contributed by atoms with Crippen molar-refractivity contribution >= 4 is 34.9 Å². The van der Waals surface area contributed by atoms with E-state index < -0.39 is 22.7 Å². The fraction of sp³-hybridized carbons (Fsp3) is 0.333. The topological polar surface area (TPSA) is 118 Å². The molecule has 2 aromatic carbocycles. The maximum Gasteiger partial charge on any atom is 0.270 e. The highest BCUT2D eigenvalue weighted by atomic mass is 16.6. The number of amides is 3. The molecule has 2 bridgehead atoms. The first kappa shape index (κ1) is 22.3. The molecule has 0 radical (unpaired) electrons. The Morgan fingerprint density at radius 1 is 0.972 bits per heavy atom. The molecule has 1 aliphatic heterocycles. The lowest BCUT2D eigenvalue weighted by molar-refractivity contribution is -0.384. The fourth-order valence-corrected chi connectivity index (χ4v) is 6.36. The van der Waals surface area contributed by atoms with Crippen molar-refractivity contribution in [3.8, 4) is 0 Å². The van der Waals surface area contributed by atoms with Crippen LogP contribution in [0, 0.1) is 45.6 Å². The molecule has 36 heavy (non-hydrogen) atoms. The Morgan fingerprint density at radius 3 is 2.19 bits per heavy atom. The monoisotopic (exact) mass is 485 g/mol. The molecule has 9 nitrogen and oxygen atoms in total. The molecule has 7 rings (SSSR count). The number of imide groups is 1. The van der Waals surface area contributed by atoms with Crippen LogP contribution in [0.5, 0.6) is 0 Å². The number of non-ortho nitro benzene ring substituents is 1. The fourth-order valence-electron chi connectivity index (χ4n) is 6.36. The summed E-state index contributed by atoms with van der Waals surface area (Å²) in [5.41, 5.74) is 0.467. The summed E-state index contributed by atoms with van der Waals surface area (Å²) in [5.74, 6) is -1.20. The highest BCUT2D eigenvalue weighted by molar-refractivity contribution is 6.10. The number of ketones is 1. The molecule has 1 heterocycles. The number of nitro benzene ring substituents is 1. The molecule has 1 saturated heterocycles. The number of carbonyl (C=O) groups excluding carboxylic acids is 4. The number of carbonyl (C=O) groups is 4. The zero-order valence-electron chi connectivity index (χ0n) is 19.4. The molecular weight excluding hydrogens is 462 g/mol. The number of Topliss-reactive ketones (excluding diaryl/α,β-unsaturated/α-hetero) is 1. The number of nitro groups is 1. The van der Waals surface area contributed by atoms with Gasteiger partial charge >= 0.3 is 0 Å². The lowest BCUT2D eigenvalue weighted by atomic mass is 9.63. The van der Waals surface area contributed by atoms with Gasteiger partial charge in [0, 0.05) is 28.9 Å². The van der Waals surface area contributed by atoms with E-state index in [0.717, 1.165) is 17.4 Å². The number of likely N-dealkylation sites (tertiary alicyclic amines) is 1. The SMILES string of the molecule is CC(=O)c1cccc(N(CN2C(=O)C3C4C=CC(C5CC45)C3C2=O)C(=O)c2cccc([N+](=O)[O-])c2)c1. The Morgan fingerprint density at radius 2 is 1.58 bits per heavy atom. The number of allylic oxidation sites excluding steroid dienone is 2. The smallest absolute Gasteiger partial charge is 0.270 e.